The number of carboxylic acids is 1. The van der Waals surface area contributed by atoms with Crippen molar-refractivity contribution < 1.29 is 14.6 Å². The second kappa shape index (κ2) is 7.56. The van der Waals surface area contributed by atoms with Crippen molar-refractivity contribution in [2.24, 2.45) is 4.99 Å². The molecule has 22 heavy (non-hydrogen) atoms. The smallest absolute Gasteiger partial charge is 0.341 e. The number of carboxylic acid groups (broad SMARTS) is 1. The van der Waals surface area contributed by atoms with E-state index in [1.54, 1.807) is 12.3 Å². The SMILES string of the molecule is Cc1ccccc1N=Cc1cc(Br)cc(Br)c1OCC(=O)O. The third kappa shape index (κ3) is 4.42. The minimum atomic E-state index is -1.03. The van der Waals surface area contributed by atoms with Crippen molar-refractivity contribution in [3.63, 3.8) is 0 Å². The molecule has 0 fully saturated rings. The normalized spacial score (nSPS) is 10.9. The highest BCUT2D eigenvalue weighted by Crippen LogP contribution is 2.32. The Kier molecular flexibility index (Phi) is 5.74. The summed E-state index contributed by atoms with van der Waals surface area (Å²) >= 11 is 6.78. The van der Waals surface area contributed by atoms with Gasteiger partial charge in [0.05, 0.1) is 10.2 Å². The molecule has 2 rings (SSSR count). The molecule has 0 amide bonds. The number of aliphatic carboxylic acids is 1. The van der Waals surface area contributed by atoms with Crippen molar-refractivity contribution in [3.05, 3.63) is 56.5 Å². The number of hydrogen-bond acceptors (Lipinski definition) is 3. The van der Waals surface area contributed by atoms with Crippen LogP contribution in [-0.4, -0.2) is 23.9 Å². The number of rotatable bonds is 5. The van der Waals surface area contributed by atoms with E-state index >= 15 is 0 Å². The van der Waals surface area contributed by atoms with Crippen molar-refractivity contribution in [1.82, 2.24) is 0 Å². The van der Waals surface area contributed by atoms with Crippen LogP contribution in [0, 0.1) is 6.92 Å². The van der Waals surface area contributed by atoms with Gasteiger partial charge in [-0.15, -0.1) is 0 Å². The fourth-order valence-corrected chi connectivity index (χ4v) is 3.18. The molecule has 0 radical (unpaired) electrons. The summed E-state index contributed by atoms with van der Waals surface area (Å²) in [5.74, 6) is -0.584. The van der Waals surface area contributed by atoms with Gasteiger partial charge in [-0.2, -0.15) is 0 Å². The predicted octanol–water partition coefficient (Wildman–Crippen LogP) is 4.73. The molecule has 114 valence electrons. The van der Waals surface area contributed by atoms with Gasteiger partial charge in [-0.25, -0.2) is 4.79 Å². The number of para-hydroxylation sites is 1. The van der Waals surface area contributed by atoms with E-state index in [0.29, 0.717) is 15.8 Å². The van der Waals surface area contributed by atoms with Crippen LogP contribution in [0.25, 0.3) is 0 Å². The van der Waals surface area contributed by atoms with Gasteiger partial charge in [0, 0.05) is 16.3 Å². The number of nitrogens with zero attached hydrogens (tertiary/aromatic N) is 1. The molecule has 0 bridgehead atoms. The van der Waals surface area contributed by atoms with E-state index in [1.807, 2.05) is 37.3 Å². The molecular weight excluding hydrogens is 414 g/mol. The molecule has 0 aliphatic rings. The van der Waals surface area contributed by atoms with Crippen LogP contribution >= 0.6 is 31.9 Å². The summed E-state index contributed by atoms with van der Waals surface area (Å²) in [5, 5.41) is 8.77. The van der Waals surface area contributed by atoms with Crippen molar-refractivity contribution >= 4 is 49.7 Å². The molecule has 0 atom stereocenters. The fraction of sp³-hybridized carbons (Fsp3) is 0.125. The molecule has 0 unspecified atom stereocenters. The van der Waals surface area contributed by atoms with Gasteiger partial charge in [-0.1, -0.05) is 34.1 Å². The van der Waals surface area contributed by atoms with E-state index in [0.717, 1.165) is 15.7 Å². The summed E-state index contributed by atoms with van der Waals surface area (Å²) in [6.07, 6.45) is 1.66. The lowest BCUT2D eigenvalue weighted by molar-refractivity contribution is -0.139. The zero-order chi connectivity index (χ0) is 16.1. The van der Waals surface area contributed by atoms with Crippen LogP contribution in [0.3, 0.4) is 0 Å². The summed E-state index contributed by atoms with van der Waals surface area (Å²) in [6, 6.07) is 11.4. The maximum Gasteiger partial charge on any atom is 0.341 e. The van der Waals surface area contributed by atoms with E-state index < -0.39 is 12.6 Å². The van der Waals surface area contributed by atoms with Crippen molar-refractivity contribution in [2.45, 2.75) is 6.92 Å². The molecular formula is C16H13Br2NO3. The highest BCUT2D eigenvalue weighted by molar-refractivity contribution is 9.11. The van der Waals surface area contributed by atoms with Crippen LogP contribution in [0.15, 0.2) is 50.3 Å². The van der Waals surface area contributed by atoms with Crippen molar-refractivity contribution in [2.75, 3.05) is 6.61 Å². The van der Waals surface area contributed by atoms with Crippen LogP contribution in [0.2, 0.25) is 0 Å². The Morgan fingerprint density at radius 3 is 2.73 bits per heavy atom. The molecule has 0 spiro atoms. The molecule has 0 aromatic heterocycles. The van der Waals surface area contributed by atoms with Crippen molar-refractivity contribution in [1.29, 1.82) is 0 Å². The Hall–Kier alpha value is -1.66. The standard InChI is InChI=1S/C16H13Br2NO3/c1-10-4-2-3-5-14(10)19-8-11-6-12(17)7-13(18)16(11)22-9-15(20)21/h2-8H,9H2,1H3,(H,20,21). The predicted molar refractivity (Wildman–Crippen MR) is 93.4 cm³/mol. The van der Waals surface area contributed by atoms with Gasteiger partial charge in [0.2, 0.25) is 0 Å². The highest BCUT2D eigenvalue weighted by Gasteiger charge is 2.11. The van der Waals surface area contributed by atoms with Crippen molar-refractivity contribution in [3.8, 4) is 5.75 Å². The first-order valence-electron chi connectivity index (χ1n) is 6.40. The van der Waals surface area contributed by atoms with Crippen LogP contribution in [0.5, 0.6) is 5.75 Å². The van der Waals surface area contributed by atoms with Crippen LogP contribution in [0.4, 0.5) is 5.69 Å². The molecule has 4 nitrogen and oxygen atoms in total. The van der Waals surface area contributed by atoms with Crippen LogP contribution in [-0.2, 0) is 4.79 Å². The topological polar surface area (TPSA) is 58.9 Å². The molecule has 0 heterocycles. The van der Waals surface area contributed by atoms with E-state index in [2.05, 4.69) is 36.9 Å². The Morgan fingerprint density at radius 1 is 1.32 bits per heavy atom. The molecule has 0 aliphatic heterocycles. The number of halogens is 2. The Morgan fingerprint density at radius 2 is 2.05 bits per heavy atom. The molecule has 6 heteroatoms. The molecule has 0 saturated heterocycles. The molecule has 0 aliphatic carbocycles. The minimum absolute atomic E-state index is 0.411. The number of carbonyl (C=O) groups is 1. The molecule has 1 N–H and O–H groups in total. The van der Waals surface area contributed by atoms with Crippen LogP contribution in [0.1, 0.15) is 11.1 Å². The molecule has 0 saturated carbocycles. The quantitative estimate of drug-likeness (QED) is 0.702. The van der Waals surface area contributed by atoms with Gasteiger partial charge in [-0.05, 0) is 46.6 Å². The fourth-order valence-electron chi connectivity index (χ4n) is 1.81. The highest BCUT2D eigenvalue weighted by atomic mass is 79.9. The summed E-state index contributed by atoms with van der Waals surface area (Å²) < 4.78 is 6.85. The van der Waals surface area contributed by atoms with Gasteiger partial charge in [0.15, 0.2) is 6.61 Å². The summed E-state index contributed by atoms with van der Waals surface area (Å²) in [5.41, 5.74) is 2.59. The number of aliphatic imine (C=N–C) groups is 1. The zero-order valence-electron chi connectivity index (χ0n) is 11.7. The maximum atomic E-state index is 10.7. The van der Waals surface area contributed by atoms with E-state index in [-0.39, 0.29) is 0 Å². The Labute approximate surface area is 145 Å². The van der Waals surface area contributed by atoms with Crippen LogP contribution < -0.4 is 4.74 Å². The second-order valence-electron chi connectivity index (χ2n) is 4.53. The second-order valence-corrected chi connectivity index (χ2v) is 6.30. The summed E-state index contributed by atoms with van der Waals surface area (Å²) in [6.45, 7) is 1.57. The first kappa shape index (κ1) is 16.7. The zero-order valence-corrected chi connectivity index (χ0v) is 14.9. The maximum absolute atomic E-state index is 10.7. The first-order valence-corrected chi connectivity index (χ1v) is 7.99. The number of benzene rings is 2. The van der Waals surface area contributed by atoms with E-state index in [1.165, 1.54) is 0 Å². The Balaban J connectivity index is 2.36. The lowest BCUT2D eigenvalue weighted by atomic mass is 10.2. The number of hydrogen-bond donors (Lipinski definition) is 1. The van der Waals surface area contributed by atoms with Gasteiger partial charge >= 0.3 is 5.97 Å². The monoisotopic (exact) mass is 425 g/mol. The average molecular weight is 427 g/mol. The average Bonchev–Trinajstić information content (AvgIpc) is 2.45. The van der Waals surface area contributed by atoms with E-state index in [9.17, 15) is 4.79 Å². The van der Waals surface area contributed by atoms with E-state index in [4.69, 9.17) is 9.84 Å². The van der Waals surface area contributed by atoms with Gasteiger partial charge in [-0.3, -0.25) is 4.99 Å². The molecule has 2 aromatic rings. The third-order valence-electron chi connectivity index (χ3n) is 2.84. The van der Waals surface area contributed by atoms with Gasteiger partial charge in [0.1, 0.15) is 5.75 Å². The largest absolute Gasteiger partial charge is 0.480 e. The summed E-state index contributed by atoms with van der Waals surface area (Å²) in [4.78, 5) is 15.2. The van der Waals surface area contributed by atoms with Gasteiger partial charge < -0.3 is 9.84 Å². The lowest BCUT2D eigenvalue weighted by Gasteiger charge is -2.10. The number of aryl methyl sites for hydroxylation is 1. The summed E-state index contributed by atoms with van der Waals surface area (Å²) in [7, 11) is 0. The third-order valence-corrected chi connectivity index (χ3v) is 3.88. The van der Waals surface area contributed by atoms with Gasteiger partial charge in [0.25, 0.3) is 0 Å². The number of ether oxygens (including phenoxy) is 1. The first-order chi connectivity index (χ1) is 10.5. The lowest BCUT2D eigenvalue weighted by Crippen LogP contribution is -2.11. The molecule has 2 aromatic carbocycles. The Bertz CT molecular complexity index is 729. The minimum Gasteiger partial charge on any atom is -0.480 e.